The molecule has 1 amide bonds. The normalized spacial score (nSPS) is 21.6. The summed E-state index contributed by atoms with van der Waals surface area (Å²) in [4.78, 5) is 31.4. The van der Waals surface area contributed by atoms with Crippen LogP contribution in [-0.2, 0) is 9.53 Å². The van der Waals surface area contributed by atoms with Crippen LogP contribution in [-0.4, -0.2) is 34.5 Å². The zero-order chi connectivity index (χ0) is 15.2. The summed E-state index contributed by atoms with van der Waals surface area (Å²) >= 11 is 0. The van der Waals surface area contributed by atoms with Gasteiger partial charge in [0.15, 0.2) is 12.3 Å². The van der Waals surface area contributed by atoms with Gasteiger partial charge in [0.1, 0.15) is 0 Å². The first-order valence-corrected chi connectivity index (χ1v) is 7.31. The Bertz CT molecular complexity index is 501. The number of carbonyl (C=O) groups excluding carboxylic acids is 2. The monoisotopic (exact) mass is 291 g/mol. The van der Waals surface area contributed by atoms with E-state index in [9.17, 15) is 9.59 Å². The van der Waals surface area contributed by atoms with Gasteiger partial charge in [-0.05, 0) is 25.7 Å². The summed E-state index contributed by atoms with van der Waals surface area (Å²) in [5.41, 5.74) is 0.829. The smallest absolute Gasteiger partial charge is 0.359 e. The van der Waals surface area contributed by atoms with E-state index in [0.717, 1.165) is 25.0 Å². The molecular formula is C15H21N3O3. The van der Waals surface area contributed by atoms with Gasteiger partial charge in [0, 0.05) is 12.2 Å². The van der Waals surface area contributed by atoms with Gasteiger partial charge in [-0.1, -0.05) is 19.8 Å². The molecule has 0 aromatic carbocycles. The second-order valence-corrected chi connectivity index (χ2v) is 5.55. The Hall–Kier alpha value is -1.98. The Morgan fingerprint density at radius 3 is 2.71 bits per heavy atom. The first-order chi connectivity index (χ1) is 10.1. The third kappa shape index (κ3) is 4.51. The van der Waals surface area contributed by atoms with E-state index in [2.05, 4.69) is 22.2 Å². The molecule has 0 saturated heterocycles. The molecule has 0 radical (unpaired) electrons. The quantitative estimate of drug-likeness (QED) is 0.853. The van der Waals surface area contributed by atoms with Crippen LogP contribution in [0.4, 0.5) is 0 Å². The summed E-state index contributed by atoms with van der Waals surface area (Å²) < 4.78 is 4.95. The van der Waals surface area contributed by atoms with Crippen molar-refractivity contribution in [3.63, 3.8) is 0 Å². The second kappa shape index (κ2) is 7.15. The molecule has 1 aromatic heterocycles. The largest absolute Gasteiger partial charge is 0.451 e. The number of hydrogen-bond acceptors (Lipinski definition) is 5. The fourth-order valence-corrected chi connectivity index (χ4v) is 2.48. The van der Waals surface area contributed by atoms with Crippen molar-refractivity contribution in [3.8, 4) is 0 Å². The van der Waals surface area contributed by atoms with Gasteiger partial charge in [0.2, 0.25) is 0 Å². The summed E-state index contributed by atoms with van der Waals surface area (Å²) in [6.45, 7) is 3.64. The predicted octanol–water partition coefficient (Wildman–Crippen LogP) is 1.64. The lowest BCUT2D eigenvalue weighted by Gasteiger charge is -2.29. The van der Waals surface area contributed by atoms with E-state index >= 15 is 0 Å². The Labute approximate surface area is 124 Å². The summed E-state index contributed by atoms with van der Waals surface area (Å²) in [5.74, 6) is -0.419. The third-order valence-electron chi connectivity index (χ3n) is 3.78. The van der Waals surface area contributed by atoms with E-state index in [1.807, 2.05) is 0 Å². The van der Waals surface area contributed by atoms with Crippen molar-refractivity contribution in [2.75, 3.05) is 6.61 Å². The maximum Gasteiger partial charge on any atom is 0.359 e. The maximum absolute atomic E-state index is 11.8. The standard InChI is InChI=1S/C15H21N3O3/c1-10-5-3-4-6-12(10)18-14(19)9-21-15(20)13-8-16-11(2)7-17-13/h7-8,10,12H,3-6,9H2,1-2H3,(H,18,19)/t10-,12+/m0/s1. The molecule has 1 heterocycles. The molecule has 0 spiro atoms. The molecule has 1 N–H and O–H groups in total. The van der Waals surface area contributed by atoms with Crippen molar-refractivity contribution in [2.45, 2.75) is 45.6 Å². The molecule has 1 aliphatic carbocycles. The van der Waals surface area contributed by atoms with Crippen LogP contribution in [0.15, 0.2) is 12.4 Å². The molecule has 6 nitrogen and oxygen atoms in total. The minimum Gasteiger partial charge on any atom is -0.451 e. The fourth-order valence-electron chi connectivity index (χ4n) is 2.48. The Morgan fingerprint density at radius 2 is 2.05 bits per heavy atom. The Balaban J connectivity index is 1.78. The lowest BCUT2D eigenvalue weighted by atomic mass is 9.86. The Kier molecular flexibility index (Phi) is 5.25. The van der Waals surface area contributed by atoms with Crippen LogP contribution < -0.4 is 5.32 Å². The van der Waals surface area contributed by atoms with Gasteiger partial charge in [-0.15, -0.1) is 0 Å². The lowest BCUT2D eigenvalue weighted by molar-refractivity contribution is -0.125. The van der Waals surface area contributed by atoms with E-state index < -0.39 is 5.97 Å². The van der Waals surface area contributed by atoms with Crippen molar-refractivity contribution in [2.24, 2.45) is 5.92 Å². The van der Waals surface area contributed by atoms with Crippen LogP contribution in [0.3, 0.4) is 0 Å². The fraction of sp³-hybridized carbons (Fsp3) is 0.600. The first-order valence-electron chi connectivity index (χ1n) is 7.31. The molecule has 1 saturated carbocycles. The van der Waals surface area contributed by atoms with E-state index in [1.165, 1.54) is 18.8 Å². The van der Waals surface area contributed by atoms with Gasteiger partial charge in [0.05, 0.1) is 11.9 Å². The highest BCUT2D eigenvalue weighted by Gasteiger charge is 2.23. The van der Waals surface area contributed by atoms with E-state index in [0.29, 0.717) is 5.92 Å². The molecule has 2 atom stereocenters. The van der Waals surface area contributed by atoms with Crippen molar-refractivity contribution < 1.29 is 14.3 Å². The second-order valence-electron chi connectivity index (χ2n) is 5.55. The van der Waals surface area contributed by atoms with Crippen molar-refractivity contribution >= 4 is 11.9 Å². The lowest BCUT2D eigenvalue weighted by Crippen LogP contribution is -2.42. The zero-order valence-electron chi connectivity index (χ0n) is 12.5. The van der Waals surface area contributed by atoms with Gasteiger partial charge in [0.25, 0.3) is 5.91 Å². The Morgan fingerprint density at radius 1 is 1.29 bits per heavy atom. The highest BCUT2D eigenvalue weighted by atomic mass is 16.5. The van der Waals surface area contributed by atoms with Crippen LogP contribution in [0.1, 0.15) is 48.8 Å². The van der Waals surface area contributed by atoms with Gasteiger partial charge < -0.3 is 10.1 Å². The molecular weight excluding hydrogens is 270 g/mol. The number of nitrogens with one attached hydrogen (secondary N) is 1. The predicted molar refractivity (Wildman–Crippen MR) is 76.6 cm³/mol. The number of ether oxygens (including phenoxy) is 1. The molecule has 114 valence electrons. The molecule has 1 aliphatic rings. The molecule has 0 aliphatic heterocycles. The minimum atomic E-state index is -0.630. The number of nitrogens with zero attached hydrogens (tertiary/aromatic N) is 2. The number of rotatable bonds is 4. The molecule has 21 heavy (non-hydrogen) atoms. The van der Waals surface area contributed by atoms with Crippen molar-refractivity contribution in [1.29, 1.82) is 0 Å². The number of hydrogen-bond donors (Lipinski definition) is 1. The number of aromatic nitrogens is 2. The van der Waals surface area contributed by atoms with Crippen LogP contribution in [0.25, 0.3) is 0 Å². The maximum atomic E-state index is 11.8. The van der Waals surface area contributed by atoms with E-state index in [-0.39, 0.29) is 24.2 Å². The summed E-state index contributed by atoms with van der Waals surface area (Å²) in [7, 11) is 0. The van der Waals surface area contributed by atoms with E-state index in [4.69, 9.17) is 4.74 Å². The number of amides is 1. The molecule has 0 unspecified atom stereocenters. The highest BCUT2D eigenvalue weighted by Crippen LogP contribution is 2.23. The minimum absolute atomic E-state index is 0.111. The summed E-state index contributed by atoms with van der Waals surface area (Å²) in [5, 5.41) is 2.93. The summed E-state index contributed by atoms with van der Waals surface area (Å²) in [6, 6.07) is 0.184. The van der Waals surface area contributed by atoms with Gasteiger partial charge in [-0.25, -0.2) is 9.78 Å². The SMILES string of the molecule is Cc1cnc(C(=O)OCC(=O)N[C@@H]2CCCC[C@@H]2C)cn1. The van der Waals surface area contributed by atoms with Crippen molar-refractivity contribution in [1.82, 2.24) is 15.3 Å². The van der Waals surface area contributed by atoms with Crippen LogP contribution in [0.2, 0.25) is 0 Å². The summed E-state index contributed by atoms with van der Waals surface area (Å²) in [6.07, 6.45) is 7.30. The van der Waals surface area contributed by atoms with Crippen LogP contribution in [0.5, 0.6) is 0 Å². The van der Waals surface area contributed by atoms with Gasteiger partial charge >= 0.3 is 5.97 Å². The zero-order valence-corrected chi connectivity index (χ0v) is 12.5. The van der Waals surface area contributed by atoms with E-state index in [1.54, 1.807) is 6.92 Å². The molecule has 2 rings (SSSR count). The highest BCUT2D eigenvalue weighted by molar-refractivity contribution is 5.89. The number of esters is 1. The first kappa shape index (κ1) is 15.4. The average Bonchev–Trinajstić information content (AvgIpc) is 2.48. The van der Waals surface area contributed by atoms with Crippen LogP contribution in [0, 0.1) is 12.8 Å². The van der Waals surface area contributed by atoms with Crippen molar-refractivity contribution in [3.05, 3.63) is 23.8 Å². The molecule has 1 fully saturated rings. The molecule has 6 heteroatoms. The number of aryl methyl sites for hydroxylation is 1. The average molecular weight is 291 g/mol. The topological polar surface area (TPSA) is 81.2 Å². The van der Waals surface area contributed by atoms with Gasteiger partial charge in [-0.2, -0.15) is 0 Å². The van der Waals surface area contributed by atoms with Crippen LogP contribution >= 0.6 is 0 Å². The molecule has 1 aromatic rings. The molecule has 0 bridgehead atoms. The number of carbonyl (C=O) groups is 2. The van der Waals surface area contributed by atoms with Gasteiger partial charge in [-0.3, -0.25) is 9.78 Å². The third-order valence-corrected chi connectivity index (χ3v) is 3.78.